The first-order chi connectivity index (χ1) is 7.70. The summed E-state index contributed by atoms with van der Waals surface area (Å²) >= 11 is 0. The summed E-state index contributed by atoms with van der Waals surface area (Å²) in [6.45, 7) is 0. The lowest BCUT2D eigenvalue weighted by Gasteiger charge is -2.14. The molecule has 1 amide bonds. The lowest BCUT2D eigenvalue weighted by Crippen LogP contribution is -2.37. The molecule has 6 nitrogen and oxygen atoms in total. The first-order valence-corrected chi connectivity index (χ1v) is 4.57. The molecule has 0 fully saturated rings. The molecule has 0 atom stereocenters. The second kappa shape index (κ2) is 4.03. The van der Waals surface area contributed by atoms with Gasteiger partial charge in [-0.05, 0) is 12.1 Å². The van der Waals surface area contributed by atoms with Gasteiger partial charge in [0.15, 0.2) is 5.82 Å². The minimum absolute atomic E-state index is 0.290. The molecule has 0 saturated carbocycles. The van der Waals surface area contributed by atoms with Gasteiger partial charge in [0, 0.05) is 6.07 Å². The van der Waals surface area contributed by atoms with Crippen molar-refractivity contribution in [1.82, 2.24) is 9.78 Å². The van der Waals surface area contributed by atoms with Gasteiger partial charge in [0.25, 0.3) is 0 Å². The van der Waals surface area contributed by atoms with Crippen LogP contribution in [0.4, 0.5) is 10.6 Å². The molecule has 6 heteroatoms. The second-order valence-electron chi connectivity index (χ2n) is 3.09. The molecule has 0 radical (unpaired) electrons. The van der Waals surface area contributed by atoms with Crippen LogP contribution in [0.3, 0.4) is 0 Å². The maximum absolute atomic E-state index is 10.7. The van der Waals surface area contributed by atoms with Crippen LogP contribution in [0.5, 0.6) is 0 Å². The monoisotopic (exact) mass is 218 g/mol. The predicted molar refractivity (Wildman–Crippen MR) is 58.3 cm³/mol. The van der Waals surface area contributed by atoms with Gasteiger partial charge in [0.05, 0.1) is 11.9 Å². The van der Waals surface area contributed by atoms with Crippen molar-refractivity contribution >= 4 is 11.9 Å². The average Bonchev–Trinajstić information content (AvgIpc) is 2.77. The molecular formula is C10H10N4O2. The van der Waals surface area contributed by atoms with Crippen molar-refractivity contribution in [2.75, 3.05) is 5.01 Å². The van der Waals surface area contributed by atoms with Crippen molar-refractivity contribution < 1.29 is 9.90 Å². The second-order valence-corrected chi connectivity index (χ2v) is 3.09. The summed E-state index contributed by atoms with van der Waals surface area (Å²) < 4.78 is 1.45. The number of rotatable bonds is 2. The van der Waals surface area contributed by atoms with E-state index < -0.39 is 6.09 Å². The molecule has 1 aromatic carbocycles. The van der Waals surface area contributed by atoms with Crippen molar-refractivity contribution in [3.05, 3.63) is 42.6 Å². The zero-order valence-corrected chi connectivity index (χ0v) is 8.32. The molecule has 0 aliphatic rings. The van der Waals surface area contributed by atoms with E-state index in [1.807, 2.05) is 30.3 Å². The molecule has 2 aromatic rings. The number of anilines is 1. The quantitative estimate of drug-likeness (QED) is 0.451. The van der Waals surface area contributed by atoms with Crippen LogP contribution in [0.2, 0.25) is 0 Å². The van der Waals surface area contributed by atoms with Crippen LogP contribution in [0, 0.1) is 0 Å². The number of carboxylic acid groups (broad SMARTS) is 1. The van der Waals surface area contributed by atoms with E-state index in [4.69, 9.17) is 10.9 Å². The topological polar surface area (TPSA) is 84.4 Å². The summed E-state index contributed by atoms with van der Waals surface area (Å²) in [6.07, 6.45) is 0.253. The first-order valence-electron chi connectivity index (χ1n) is 4.57. The van der Waals surface area contributed by atoms with Crippen LogP contribution >= 0.6 is 0 Å². The Morgan fingerprint density at radius 2 is 2.00 bits per heavy atom. The number of benzene rings is 1. The van der Waals surface area contributed by atoms with Gasteiger partial charge in [-0.25, -0.2) is 15.3 Å². The van der Waals surface area contributed by atoms with E-state index in [1.54, 1.807) is 0 Å². The summed E-state index contributed by atoms with van der Waals surface area (Å²) in [5, 5.41) is 13.4. The van der Waals surface area contributed by atoms with Crippen LogP contribution in [0.25, 0.3) is 5.69 Å². The highest BCUT2D eigenvalue weighted by molar-refractivity contribution is 5.83. The zero-order valence-electron chi connectivity index (χ0n) is 8.32. The third-order valence-electron chi connectivity index (χ3n) is 2.08. The zero-order chi connectivity index (χ0) is 11.5. The summed E-state index contributed by atoms with van der Waals surface area (Å²) in [6, 6.07) is 10.7. The Hall–Kier alpha value is -2.34. The summed E-state index contributed by atoms with van der Waals surface area (Å²) in [4.78, 5) is 10.7. The van der Waals surface area contributed by atoms with E-state index in [-0.39, 0.29) is 0 Å². The van der Waals surface area contributed by atoms with Gasteiger partial charge in [-0.15, -0.1) is 0 Å². The highest BCUT2D eigenvalue weighted by atomic mass is 16.4. The standard InChI is InChI=1S/C10H10N4O2/c11-13(10(15)16)9-6-7-12-14(9)8-4-2-1-3-5-8/h1-7H,11H2,(H,15,16). The maximum Gasteiger partial charge on any atom is 0.427 e. The van der Waals surface area contributed by atoms with E-state index in [1.165, 1.54) is 16.9 Å². The number of nitrogens with two attached hydrogens (primary N) is 1. The largest absolute Gasteiger partial charge is 0.464 e. The van der Waals surface area contributed by atoms with Crippen molar-refractivity contribution in [3.63, 3.8) is 0 Å². The Morgan fingerprint density at radius 3 is 2.62 bits per heavy atom. The molecule has 0 spiro atoms. The Balaban J connectivity index is 2.44. The molecule has 2 rings (SSSR count). The van der Waals surface area contributed by atoms with E-state index in [2.05, 4.69) is 5.10 Å². The fourth-order valence-electron chi connectivity index (χ4n) is 1.34. The van der Waals surface area contributed by atoms with Gasteiger partial charge in [-0.3, -0.25) is 0 Å². The molecule has 0 unspecified atom stereocenters. The number of hydrogen-bond acceptors (Lipinski definition) is 3. The number of hydrazine groups is 1. The normalized spacial score (nSPS) is 10.1. The molecule has 0 aliphatic heterocycles. The molecule has 0 saturated heterocycles. The van der Waals surface area contributed by atoms with Crippen LogP contribution < -0.4 is 10.9 Å². The molecule has 82 valence electrons. The first kappa shape index (κ1) is 10.2. The molecule has 1 heterocycles. The highest BCUT2D eigenvalue weighted by Gasteiger charge is 2.15. The van der Waals surface area contributed by atoms with Gasteiger partial charge in [-0.1, -0.05) is 18.2 Å². The number of nitrogens with zero attached hydrogens (tertiary/aromatic N) is 3. The third-order valence-corrected chi connectivity index (χ3v) is 2.08. The fraction of sp³-hybridized carbons (Fsp3) is 0. The highest BCUT2D eigenvalue weighted by Crippen LogP contribution is 2.16. The Labute approximate surface area is 91.5 Å². The van der Waals surface area contributed by atoms with E-state index in [0.717, 1.165) is 5.69 Å². The average molecular weight is 218 g/mol. The van der Waals surface area contributed by atoms with Gasteiger partial charge in [-0.2, -0.15) is 10.1 Å². The number of aromatic nitrogens is 2. The summed E-state index contributed by atoms with van der Waals surface area (Å²) in [7, 11) is 0. The summed E-state index contributed by atoms with van der Waals surface area (Å²) in [5.74, 6) is 5.68. The molecular weight excluding hydrogens is 208 g/mol. The van der Waals surface area contributed by atoms with Gasteiger partial charge in [0.1, 0.15) is 0 Å². The fourth-order valence-corrected chi connectivity index (χ4v) is 1.34. The van der Waals surface area contributed by atoms with Crippen LogP contribution in [0.15, 0.2) is 42.6 Å². The third kappa shape index (κ3) is 1.73. The van der Waals surface area contributed by atoms with Crippen molar-refractivity contribution in [2.45, 2.75) is 0 Å². The van der Waals surface area contributed by atoms with E-state index in [9.17, 15) is 4.79 Å². The van der Waals surface area contributed by atoms with Crippen LogP contribution in [-0.4, -0.2) is 21.0 Å². The Bertz CT molecular complexity index is 495. The minimum Gasteiger partial charge on any atom is -0.464 e. The van der Waals surface area contributed by atoms with Gasteiger partial charge >= 0.3 is 6.09 Å². The SMILES string of the molecule is NN(C(=O)O)c1ccnn1-c1ccccc1. The molecule has 16 heavy (non-hydrogen) atoms. The predicted octanol–water partition coefficient (Wildman–Crippen LogP) is 1.23. The number of para-hydroxylation sites is 1. The molecule has 0 aliphatic carbocycles. The number of hydrogen-bond donors (Lipinski definition) is 2. The smallest absolute Gasteiger partial charge is 0.427 e. The van der Waals surface area contributed by atoms with Crippen molar-refractivity contribution in [3.8, 4) is 5.69 Å². The lowest BCUT2D eigenvalue weighted by molar-refractivity contribution is 0.201. The molecule has 3 N–H and O–H groups in total. The van der Waals surface area contributed by atoms with Gasteiger partial charge < -0.3 is 5.11 Å². The molecule has 0 bridgehead atoms. The van der Waals surface area contributed by atoms with E-state index >= 15 is 0 Å². The number of amides is 1. The molecule has 1 aromatic heterocycles. The minimum atomic E-state index is -1.24. The van der Waals surface area contributed by atoms with Crippen molar-refractivity contribution in [1.29, 1.82) is 0 Å². The Morgan fingerprint density at radius 1 is 1.31 bits per heavy atom. The van der Waals surface area contributed by atoms with Gasteiger partial charge in [0.2, 0.25) is 0 Å². The van der Waals surface area contributed by atoms with Crippen LogP contribution in [-0.2, 0) is 0 Å². The lowest BCUT2D eigenvalue weighted by atomic mass is 10.3. The Kier molecular flexibility index (Phi) is 2.57. The van der Waals surface area contributed by atoms with Crippen molar-refractivity contribution in [2.24, 2.45) is 5.84 Å². The summed E-state index contributed by atoms with van der Waals surface area (Å²) in [5.41, 5.74) is 0.749. The van der Waals surface area contributed by atoms with E-state index in [0.29, 0.717) is 10.8 Å². The maximum atomic E-state index is 10.7. The number of carbonyl (C=O) groups is 1. The van der Waals surface area contributed by atoms with Crippen LogP contribution in [0.1, 0.15) is 0 Å².